The van der Waals surface area contributed by atoms with Crippen molar-refractivity contribution in [2.75, 3.05) is 23.9 Å². The predicted octanol–water partition coefficient (Wildman–Crippen LogP) is 3.80. The third-order valence-corrected chi connectivity index (χ3v) is 7.34. The average molecular weight is 486 g/mol. The van der Waals surface area contributed by atoms with Crippen molar-refractivity contribution in [1.82, 2.24) is 5.16 Å². The fourth-order valence-electron chi connectivity index (χ4n) is 2.92. The van der Waals surface area contributed by atoms with Gasteiger partial charge in [0.15, 0.2) is 11.5 Å². The number of methoxy groups -OCH3 is 1. The minimum Gasteiger partial charge on any atom is -0.496 e. The highest BCUT2D eigenvalue weighted by Crippen LogP contribution is 2.46. The van der Waals surface area contributed by atoms with Gasteiger partial charge in [0.1, 0.15) is 26.2 Å². The van der Waals surface area contributed by atoms with Gasteiger partial charge in [-0.25, -0.2) is 13.1 Å². The Morgan fingerprint density at radius 3 is 2.77 bits per heavy atom. The summed E-state index contributed by atoms with van der Waals surface area (Å²) >= 11 is 6.95. The molecule has 164 valence electrons. The van der Waals surface area contributed by atoms with Gasteiger partial charge in [0.25, 0.3) is 21.8 Å². The van der Waals surface area contributed by atoms with Crippen LogP contribution < -0.4 is 24.2 Å². The van der Waals surface area contributed by atoms with Crippen molar-refractivity contribution in [2.45, 2.75) is 18.7 Å². The smallest absolute Gasteiger partial charge is 0.267 e. The molecule has 4 rings (SSSR count). The molecule has 0 fully saturated rings. The lowest BCUT2D eigenvalue weighted by atomic mass is 10.1. The molecule has 1 aliphatic rings. The van der Waals surface area contributed by atoms with Crippen LogP contribution in [0.3, 0.4) is 0 Å². The molecule has 1 aromatic carbocycles. The molecule has 10 nitrogen and oxygen atoms in total. The van der Waals surface area contributed by atoms with Crippen molar-refractivity contribution in [3.63, 3.8) is 0 Å². The van der Waals surface area contributed by atoms with E-state index in [0.29, 0.717) is 34.2 Å². The predicted molar refractivity (Wildman–Crippen MR) is 113 cm³/mol. The van der Waals surface area contributed by atoms with Crippen LogP contribution >= 0.6 is 22.9 Å². The van der Waals surface area contributed by atoms with Gasteiger partial charge in [0, 0.05) is 11.6 Å². The van der Waals surface area contributed by atoms with Crippen LogP contribution in [-0.2, 0) is 10.0 Å². The molecule has 0 unspecified atom stereocenters. The zero-order chi connectivity index (χ0) is 22.3. The van der Waals surface area contributed by atoms with E-state index in [-0.39, 0.29) is 27.5 Å². The van der Waals surface area contributed by atoms with E-state index in [9.17, 15) is 13.2 Å². The van der Waals surface area contributed by atoms with Crippen molar-refractivity contribution in [1.29, 1.82) is 0 Å². The Hall–Kier alpha value is -2.96. The molecule has 1 aliphatic heterocycles. The number of benzene rings is 1. The molecule has 13 heteroatoms. The first kappa shape index (κ1) is 21.3. The molecule has 0 saturated heterocycles. The molecule has 2 aromatic heterocycles. The number of hydrogen-bond donors (Lipinski definition) is 2. The summed E-state index contributed by atoms with van der Waals surface area (Å²) in [4.78, 5) is 12.7. The molecule has 3 heterocycles. The maximum atomic E-state index is 13.0. The lowest BCUT2D eigenvalue weighted by molar-refractivity contribution is 0.102. The molecule has 0 saturated carbocycles. The normalized spacial score (nSPS) is 12.6. The lowest BCUT2D eigenvalue weighted by Gasteiger charge is -2.14. The first-order valence-corrected chi connectivity index (χ1v) is 11.5. The Balaban J connectivity index is 1.66. The number of nitrogens with one attached hydrogen (secondary N) is 2. The second-order valence-corrected chi connectivity index (χ2v) is 9.34. The van der Waals surface area contributed by atoms with Crippen molar-refractivity contribution in [3.8, 4) is 17.2 Å². The first-order valence-electron chi connectivity index (χ1n) is 8.73. The summed E-state index contributed by atoms with van der Waals surface area (Å²) in [6, 6.07) is 2.96. The Kier molecular flexibility index (Phi) is 5.45. The summed E-state index contributed by atoms with van der Waals surface area (Å²) in [5.41, 5.74) is 1.26. The van der Waals surface area contributed by atoms with E-state index in [0.717, 1.165) is 11.3 Å². The Labute approximate surface area is 186 Å². The third-order valence-electron chi connectivity index (χ3n) is 4.48. The molecular weight excluding hydrogens is 470 g/mol. The summed E-state index contributed by atoms with van der Waals surface area (Å²) in [5.74, 6) is 0.354. The number of hydrogen-bond acceptors (Lipinski definition) is 9. The number of aromatic nitrogens is 1. The van der Waals surface area contributed by atoms with Crippen LogP contribution in [0.2, 0.25) is 5.02 Å². The monoisotopic (exact) mass is 485 g/mol. The maximum absolute atomic E-state index is 13.0. The Bertz CT molecular complexity index is 1280. The summed E-state index contributed by atoms with van der Waals surface area (Å²) in [7, 11) is -2.69. The number of fused-ring (bicyclic) bond motifs is 1. The second-order valence-electron chi connectivity index (χ2n) is 6.40. The number of amides is 1. The number of nitrogens with zero attached hydrogens (tertiary/aromatic N) is 1. The molecule has 2 N–H and O–H groups in total. The molecule has 0 spiro atoms. The van der Waals surface area contributed by atoms with E-state index >= 15 is 0 Å². The van der Waals surface area contributed by atoms with E-state index < -0.39 is 15.9 Å². The van der Waals surface area contributed by atoms with Gasteiger partial charge >= 0.3 is 0 Å². The third kappa shape index (κ3) is 3.77. The second kappa shape index (κ2) is 7.94. The molecule has 3 aromatic rings. The number of halogens is 1. The van der Waals surface area contributed by atoms with Crippen LogP contribution in [0.4, 0.5) is 11.6 Å². The number of anilines is 2. The Morgan fingerprint density at radius 1 is 1.32 bits per heavy atom. The van der Waals surface area contributed by atoms with Crippen LogP contribution in [-0.4, -0.2) is 33.4 Å². The zero-order valence-electron chi connectivity index (χ0n) is 16.4. The maximum Gasteiger partial charge on any atom is 0.267 e. The van der Waals surface area contributed by atoms with Crippen molar-refractivity contribution in [3.05, 3.63) is 38.7 Å². The summed E-state index contributed by atoms with van der Waals surface area (Å²) in [5, 5.41) is 7.84. The standard InChI is InChI=1S/C18H16ClN3O7S2/c1-8-10(26-3)6-11-15(28-7-27-11)14(8)20-17(23)16-12(4-5-30-16)31(24,25)22-18-13(19)9(2)21-29-18/h4-6,22H,7H2,1-3H3,(H,20,23). The van der Waals surface area contributed by atoms with E-state index in [1.165, 1.54) is 18.6 Å². The number of carbonyl (C=O) groups excluding carboxylic acids is 1. The van der Waals surface area contributed by atoms with E-state index in [2.05, 4.69) is 15.2 Å². The number of carbonyl (C=O) groups is 1. The van der Waals surface area contributed by atoms with Crippen molar-refractivity contribution in [2.24, 2.45) is 0 Å². The summed E-state index contributed by atoms with van der Waals surface area (Å²) in [6.45, 7) is 3.29. The van der Waals surface area contributed by atoms with E-state index in [4.69, 9.17) is 30.3 Å². The van der Waals surface area contributed by atoms with Gasteiger partial charge < -0.3 is 24.1 Å². The molecular formula is C18H16ClN3O7S2. The quantitative estimate of drug-likeness (QED) is 0.539. The number of aryl methyl sites for hydroxylation is 1. The zero-order valence-corrected chi connectivity index (χ0v) is 18.8. The van der Waals surface area contributed by atoms with Gasteiger partial charge in [-0.15, -0.1) is 11.3 Å². The van der Waals surface area contributed by atoms with Crippen molar-refractivity contribution < 1.29 is 31.9 Å². The van der Waals surface area contributed by atoms with E-state index in [1.54, 1.807) is 19.9 Å². The van der Waals surface area contributed by atoms with Crippen LogP contribution in [0.25, 0.3) is 0 Å². The SMILES string of the molecule is COc1cc2c(c(NC(=O)c3sccc3S(=O)(=O)Nc3onc(C)c3Cl)c1C)OCO2. The van der Waals surface area contributed by atoms with Gasteiger partial charge in [-0.1, -0.05) is 16.8 Å². The fraction of sp³-hybridized carbons (Fsp3) is 0.222. The molecule has 0 atom stereocenters. The highest BCUT2D eigenvalue weighted by Gasteiger charge is 2.29. The Morgan fingerprint density at radius 2 is 2.10 bits per heavy atom. The minimum absolute atomic E-state index is 0.00921. The molecule has 1 amide bonds. The largest absolute Gasteiger partial charge is 0.496 e. The van der Waals surface area contributed by atoms with Gasteiger partial charge in [-0.2, -0.15) is 0 Å². The number of thiophene rings is 1. The average Bonchev–Trinajstić information content (AvgIpc) is 3.47. The molecule has 0 radical (unpaired) electrons. The van der Waals surface area contributed by atoms with E-state index in [1.807, 2.05) is 0 Å². The summed E-state index contributed by atoms with van der Waals surface area (Å²) in [6.07, 6.45) is 0. The van der Waals surface area contributed by atoms with Crippen LogP contribution in [0.15, 0.2) is 26.9 Å². The van der Waals surface area contributed by atoms with Crippen molar-refractivity contribution >= 4 is 50.4 Å². The van der Waals surface area contributed by atoms with Crippen LogP contribution in [0.1, 0.15) is 20.9 Å². The highest BCUT2D eigenvalue weighted by atomic mass is 35.5. The number of rotatable bonds is 6. The molecule has 0 bridgehead atoms. The first-order chi connectivity index (χ1) is 14.7. The van der Waals surface area contributed by atoms with Gasteiger partial charge in [0.05, 0.1) is 12.8 Å². The van der Waals surface area contributed by atoms with Gasteiger partial charge in [0.2, 0.25) is 6.79 Å². The number of sulfonamides is 1. The fourth-order valence-corrected chi connectivity index (χ4v) is 5.41. The van der Waals surface area contributed by atoms with Gasteiger partial charge in [-0.05, 0) is 25.3 Å². The molecule has 31 heavy (non-hydrogen) atoms. The van der Waals surface area contributed by atoms with Gasteiger partial charge in [-0.3, -0.25) is 4.79 Å². The lowest BCUT2D eigenvalue weighted by Crippen LogP contribution is -2.19. The number of ether oxygens (including phenoxy) is 3. The minimum atomic E-state index is -4.18. The topological polar surface area (TPSA) is 129 Å². The summed E-state index contributed by atoms with van der Waals surface area (Å²) < 4.78 is 49.0. The van der Waals surface area contributed by atoms with Crippen LogP contribution in [0.5, 0.6) is 17.2 Å². The highest BCUT2D eigenvalue weighted by molar-refractivity contribution is 7.93. The van der Waals surface area contributed by atoms with Crippen LogP contribution in [0, 0.1) is 13.8 Å². The molecule has 0 aliphatic carbocycles.